The van der Waals surface area contributed by atoms with E-state index < -0.39 is 17.9 Å². The van der Waals surface area contributed by atoms with Crippen LogP contribution in [-0.2, 0) is 16.1 Å². The van der Waals surface area contributed by atoms with Crippen molar-refractivity contribution >= 4 is 29.5 Å². The number of nitrogens with one attached hydrogen (secondary N) is 1. The summed E-state index contributed by atoms with van der Waals surface area (Å²) >= 11 is 1.55. The van der Waals surface area contributed by atoms with Crippen LogP contribution in [0.25, 0.3) is 11.1 Å². The van der Waals surface area contributed by atoms with Crippen molar-refractivity contribution in [1.29, 1.82) is 0 Å². The minimum Gasteiger partial charge on any atom is -0.480 e. The lowest BCUT2D eigenvalue weighted by Crippen LogP contribution is -2.41. The average Bonchev–Trinajstić information content (AvgIpc) is 2.89. The lowest BCUT2D eigenvalue weighted by Gasteiger charge is -2.27. The van der Waals surface area contributed by atoms with E-state index in [2.05, 4.69) is 5.32 Å². The summed E-state index contributed by atoms with van der Waals surface area (Å²) in [5, 5.41) is 12.3. The Morgan fingerprint density at radius 3 is 2.46 bits per heavy atom. The number of aliphatic carboxylic acids is 1. The number of aryl methyl sites for hydroxylation is 1. The topological polar surface area (TPSA) is 86.7 Å². The molecule has 2 aromatic rings. The van der Waals surface area contributed by atoms with Crippen molar-refractivity contribution in [2.24, 2.45) is 5.92 Å². The zero-order valence-corrected chi connectivity index (χ0v) is 23.1. The van der Waals surface area contributed by atoms with E-state index in [1.165, 1.54) is 32.1 Å². The first-order valence-corrected chi connectivity index (χ1v) is 14.7. The minimum absolute atomic E-state index is 0.0492. The number of thioether (sulfide) groups is 1. The first kappa shape index (κ1) is 28.8. The summed E-state index contributed by atoms with van der Waals surface area (Å²) < 4.78 is 0. The first-order chi connectivity index (χ1) is 17.8. The maximum absolute atomic E-state index is 13.3. The van der Waals surface area contributed by atoms with Crippen LogP contribution in [0, 0.1) is 12.8 Å². The van der Waals surface area contributed by atoms with Gasteiger partial charge in [0, 0.05) is 25.6 Å². The predicted molar refractivity (Wildman–Crippen MR) is 151 cm³/mol. The van der Waals surface area contributed by atoms with Crippen molar-refractivity contribution in [2.45, 2.75) is 71.4 Å². The summed E-state index contributed by atoms with van der Waals surface area (Å²) in [5.41, 5.74) is 4.07. The summed E-state index contributed by atoms with van der Waals surface area (Å²) in [6.07, 6.45) is 9.69. The molecular weight excluding hydrogens is 484 g/mol. The number of carboxylic acid groups (broad SMARTS) is 1. The second-order valence-corrected chi connectivity index (χ2v) is 11.1. The van der Waals surface area contributed by atoms with Crippen molar-refractivity contribution in [2.75, 3.05) is 18.6 Å². The SMILES string of the molecule is CSCCC(NC(=O)c1ccc(CN(CCC2CCCCC2)C(C)=O)cc1-c1ccccc1C)C(=O)O. The number of carbonyl (C=O) groups is 3. The Hall–Kier alpha value is -2.80. The Kier molecular flexibility index (Phi) is 11.1. The molecule has 1 unspecified atom stereocenters. The fourth-order valence-corrected chi connectivity index (χ4v) is 5.57. The van der Waals surface area contributed by atoms with E-state index in [9.17, 15) is 19.5 Å². The van der Waals surface area contributed by atoms with Gasteiger partial charge in [0.25, 0.3) is 5.91 Å². The lowest BCUT2D eigenvalue weighted by molar-refractivity contribution is -0.139. The monoisotopic (exact) mass is 524 g/mol. The summed E-state index contributed by atoms with van der Waals surface area (Å²) in [6, 6.07) is 12.5. The second kappa shape index (κ2) is 14.2. The van der Waals surface area contributed by atoms with Crippen LogP contribution in [0.3, 0.4) is 0 Å². The van der Waals surface area contributed by atoms with E-state index in [-0.39, 0.29) is 5.91 Å². The van der Waals surface area contributed by atoms with Crippen molar-refractivity contribution in [3.63, 3.8) is 0 Å². The molecule has 0 aromatic heterocycles. The molecule has 0 heterocycles. The van der Waals surface area contributed by atoms with E-state index in [1.807, 2.05) is 54.5 Å². The summed E-state index contributed by atoms with van der Waals surface area (Å²) in [7, 11) is 0. The molecule has 0 aliphatic heterocycles. The van der Waals surface area contributed by atoms with Gasteiger partial charge >= 0.3 is 5.97 Å². The van der Waals surface area contributed by atoms with E-state index >= 15 is 0 Å². The average molecular weight is 525 g/mol. The second-order valence-electron chi connectivity index (χ2n) is 10.1. The van der Waals surface area contributed by atoms with Gasteiger partial charge in [0.2, 0.25) is 5.91 Å². The number of rotatable bonds is 12. The number of hydrogen-bond acceptors (Lipinski definition) is 4. The molecule has 1 aliphatic carbocycles. The Morgan fingerprint density at radius 1 is 1.08 bits per heavy atom. The van der Waals surface area contributed by atoms with Crippen LogP contribution in [0.15, 0.2) is 42.5 Å². The van der Waals surface area contributed by atoms with Crippen molar-refractivity contribution in [1.82, 2.24) is 10.2 Å². The molecular formula is C30H40N2O4S. The van der Waals surface area contributed by atoms with Gasteiger partial charge in [-0.25, -0.2) is 4.79 Å². The molecule has 1 fully saturated rings. The molecule has 0 saturated heterocycles. The van der Waals surface area contributed by atoms with Gasteiger partial charge in [0.05, 0.1) is 0 Å². The highest BCUT2D eigenvalue weighted by molar-refractivity contribution is 7.98. The maximum atomic E-state index is 13.3. The standard InChI is InChI=1S/C30H40N2O4S/c1-21-9-7-8-12-25(21)27-19-24(20-32(22(2)33)17-15-23-10-5-4-6-11-23)13-14-26(27)29(34)31-28(30(35)36)16-18-37-3/h7-9,12-14,19,23,28H,4-6,10-11,15-18,20H2,1-3H3,(H,31,34)(H,35,36). The molecule has 2 N–H and O–H groups in total. The number of benzene rings is 2. The maximum Gasteiger partial charge on any atom is 0.326 e. The fraction of sp³-hybridized carbons (Fsp3) is 0.500. The molecule has 0 spiro atoms. The van der Waals surface area contributed by atoms with Gasteiger partial charge in [0.1, 0.15) is 6.04 Å². The van der Waals surface area contributed by atoms with Crippen LogP contribution in [0.2, 0.25) is 0 Å². The highest BCUT2D eigenvalue weighted by Gasteiger charge is 2.23. The van der Waals surface area contributed by atoms with Crippen LogP contribution in [0.1, 0.15) is 73.4 Å². The first-order valence-electron chi connectivity index (χ1n) is 13.3. The quantitative estimate of drug-likeness (QED) is 0.360. The number of carbonyl (C=O) groups excluding carboxylic acids is 2. The molecule has 0 bridgehead atoms. The molecule has 1 atom stereocenters. The van der Waals surface area contributed by atoms with Gasteiger partial charge in [-0.3, -0.25) is 9.59 Å². The third-order valence-corrected chi connectivity index (χ3v) is 7.97. The number of nitrogens with zero attached hydrogens (tertiary/aromatic N) is 1. The van der Waals surface area contributed by atoms with Crippen LogP contribution >= 0.6 is 11.8 Å². The van der Waals surface area contributed by atoms with Crippen LogP contribution < -0.4 is 5.32 Å². The Bertz CT molecular complexity index is 1080. The summed E-state index contributed by atoms with van der Waals surface area (Å²) in [5.74, 6) is -0.0565. The summed E-state index contributed by atoms with van der Waals surface area (Å²) in [6.45, 7) is 4.83. The molecule has 37 heavy (non-hydrogen) atoms. The molecule has 200 valence electrons. The number of carboxylic acids is 1. The highest BCUT2D eigenvalue weighted by atomic mass is 32.2. The number of hydrogen-bond donors (Lipinski definition) is 2. The Morgan fingerprint density at radius 2 is 1.81 bits per heavy atom. The zero-order valence-electron chi connectivity index (χ0n) is 22.3. The smallest absolute Gasteiger partial charge is 0.326 e. The summed E-state index contributed by atoms with van der Waals surface area (Å²) in [4.78, 5) is 39.4. The van der Waals surface area contributed by atoms with Gasteiger partial charge < -0.3 is 15.3 Å². The molecule has 7 heteroatoms. The van der Waals surface area contributed by atoms with Crippen LogP contribution in [-0.4, -0.2) is 52.4 Å². The highest BCUT2D eigenvalue weighted by Crippen LogP contribution is 2.30. The Labute approximate surface area is 225 Å². The third kappa shape index (κ3) is 8.35. The molecule has 0 radical (unpaired) electrons. The largest absolute Gasteiger partial charge is 0.480 e. The van der Waals surface area contributed by atoms with E-state index in [0.717, 1.165) is 35.2 Å². The van der Waals surface area contributed by atoms with Crippen molar-refractivity contribution in [3.8, 4) is 11.1 Å². The lowest BCUT2D eigenvalue weighted by atomic mass is 9.87. The molecule has 6 nitrogen and oxygen atoms in total. The van der Waals surface area contributed by atoms with E-state index in [0.29, 0.717) is 30.2 Å². The molecule has 2 amide bonds. The minimum atomic E-state index is -1.04. The van der Waals surface area contributed by atoms with Gasteiger partial charge in [-0.2, -0.15) is 11.8 Å². The fourth-order valence-electron chi connectivity index (χ4n) is 5.10. The van der Waals surface area contributed by atoms with Crippen molar-refractivity contribution < 1.29 is 19.5 Å². The van der Waals surface area contributed by atoms with E-state index in [1.54, 1.807) is 24.8 Å². The van der Waals surface area contributed by atoms with Gasteiger partial charge in [-0.05, 0) is 72.1 Å². The van der Waals surface area contributed by atoms with Crippen LogP contribution in [0.4, 0.5) is 0 Å². The third-order valence-electron chi connectivity index (χ3n) is 7.33. The number of amides is 2. The zero-order chi connectivity index (χ0) is 26.8. The normalized spacial score (nSPS) is 14.7. The van der Waals surface area contributed by atoms with Gasteiger partial charge in [-0.1, -0.05) is 62.4 Å². The molecule has 2 aromatic carbocycles. The van der Waals surface area contributed by atoms with Crippen LogP contribution in [0.5, 0.6) is 0 Å². The molecule has 3 rings (SSSR count). The predicted octanol–water partition coefficient (Wildman–Crippen LogP) is 5.92. The van der Waals surface area contributed by atoms with Crippen molar-refractivity contribution in [3.05, 3.63) is 59.2 Å². The molecule has 1 aliphatic rings. The molecule has 1 saturated carbocycles. The van der Waals surface area contributed by atoms with Gasteiger partial charge in [-0.15, -0.1) is 0 Å². The van der Waals surface area contributed by atoms with Gasteiger partial charge in [0.15, 0.2) is 0 Å². The van der Waals surface area contributed by atoms with E-state index in [4.69, 9.17) is 0 Å². The Balaban J connectivity index is 1.86.